The first-order chi connectivity index (χ1) is 15.9. The lowest BCUT2D eigenvalue weighted by atomic mass is 9.94. The molecule has 1 fully saturated rings. The molecule has 1 heterocycles. The summed E-state index contributed by atoms with van der Waals surface area (Å²) in [6.07, 6.45) is 2.34. The molecule has 1 N–H and O–H groups in total. The molecule has 2 aromatic rings. The third-order valence-electron chi connectivity index (χ3n) is 6.74. The molecule has 2 aromatic carbocycles. The van der Waals surface area contributed by atoms with Crippen molar-refractivity contribution in [3.8, 4) is 11.5 Å². The van der Waals surface area contributed by atoms with Gasteiger partial charge in [-0.05, 0) is 74.1 Å². The molecule has 6 nitrogen and oxygen atoms in total. The quantitative estimate of drug-likeness (QED) is 0.545. The molecule has 0 spiro atoms. The van der Waals surface area contributed by atoms with Crippen molar-refractivity contribution in [2.24, 2.45) is 0 Å². The molecule has 1 amide bonds. The van der Waals surface area contributed by atoms with Gasteiger partial charge in [-0.1, -0.05) is 18.2 Å². The molecule has 3 rings (SSSR count). The van der Waals surface area contributed by atoms with Crippen LogP contribution in [0.5, 0.6) is 11.5 Å². The number of likely N-dealkylation sites (tertiary alicyclic amines) is 1. The van der Waals surface area contributed by atoms with Gasteiger partial charge >= 0.3 is 0 Å². The fourth-order valence-corrected chi connectivity index (χ4v) is 4.50. The molecule has 1 aliphatic heterocycles. The van der Waals surface area contributed by atoms with Crippen LogP contribution in [0.15, 0.2) is 36.4 Å². The highest BCUT2D eigenvalue weighted by Gasteiger charge is 2.26. The second-order valence-corrected chi connectivity index (χ2v) is 8.82. The first-order valence-electron chi connectivity index (χ1n) is 11.8. The van der Waals surface area contributed by atoms with Crippen LogP contribution in [-0.2, 0) is 16.0 Å². The van der Waals surface area contributed by atoms with Gasteiger partial charge in [0.1, 0.15) is 18.1 Å². The Hall–Kier alpha value is -2.57. The average molecular weight is 455 g/mol. The Morgan fingerprint density at radius 2 is 1.73 bits per heavy atom. The van der Waals surface area contributed by atoms with Crippen LogP contribution in [0.3, 0.4) is 0 Å². The van der Waals surface area contributed by atoms with Crippen LogP contribution < -0.4 is 14.8 Å². The number of hydrogen-bond donors (Lipinski definition) is 1. The van der Waals surface area contributed by atoms with E-state index in [0.29, 0.717) is 25.7 Å². The standard InChI is InChI=1S/C27H38N2O4/c1-19-20(2)26(33-17-16-31-4)11-10-25(19)21(3)29-14-12-23(13-15-29)28-27(30)18-22-6-8-24(32-5)9-7-22/h6-11,21,23H,12-18H2,1-5H3,(H,28,30). The molecule has 180 valence electrons. The van der Waals surface area contributed by atoms with Crippen molar-refractivity contribution >= 4 is 5.91 Å². The van der Waals surface area contributed by atoms with E-state index in [4.69, 9.17) is 14.2 Å². The zero-order chi connectivity index (χ0) is 23.8. The first-order valence-corrected chi connectivity index (χ1v) is 11.8. The fourth-order valence-electron chi connectivity index (χ4n) is 4.50. The molecule has 1 aliphatic rings. The number of nitrogens with one attached hydrogen (secondary N) is 1. The number of benzene rings is 2. The molecular formula is C27H38N2O4. The molecule has 0 aromatic heterocycles. The fraction of sp³-hybridized carbons (Fsp3) is 0.519. The first kappa shape index (κ1) is 25.1. The summed E-state index contributed by atoms with van der Waals surface area (Å²) >= 11 is 0. The van der Waals surface area contributed by atoms with Gasteiger partial charge in [0.15, 0.2) is 0 Å². The summed E-state index contributed by atoms with van der Waals surface area (Å²) in [4.78, 5) is 15.0. The number of amides is 1. The Kier molecular flexibility index (Phi) is 9.15. The normalized spacial score (nSPS) is 15.8. The van der Waals surface area contributed by atoms with Crippen molar-refractivity contribution in [2.45, 2.75) is 52.1 Å². The van der Waals surface area contributed by atoms with Gasteiger partial charge in [-0.25, -0.2) is 0 Å². The van der Waals surface area contributed by atoms with Gasteiger partial charge in [-0.15, -0.1) is 0 Å². The molecule has 1 atom stereocenters. The Balaban J connectivity index is 1.50. The Morgan fingerprint density at radius 1 is 1.03 bits per heavy atom. The Bertz CT molecular complexity index is 905. The van der Waals surface area contributed by atoms with E-state index in [-0.39, 0.29) is 11.9 Å². The van der Waals surface area contributed by atoms with Crippen LogP contribution >= 0.6 is 0 Å². The van der Waals surface area contributed by atoms with E-state index >= 15 is 0 Å². The molecule has 6 heteroatoms. The summed E-state index contributed by atoms with van der Waals surface area (Å²) in [5.41, 5.74) is 4.82. The van der Waals surface area contributed by atoms with Crippen LogP contribution in [0, 0.1) is 13.8 Å². The van der Waals surface area contributed by atoms with E-state index < -0.39 is 0 Å². The average Bonchev–Trinajstić information content (AvgIpc) is 2.82. The molecule has 1 saturated heterocycles. The van der Waals surface area contributed by atoms with Crippen LogP contribution in [-0.4, -0.2) is 57.4 Å². The van der Waals surface area contributed by atoms with Crippen molar-refractivity contribution < 1.29 is 19.0 Å². The van der Waals surface area contributed by atoms with E-state index in [0.717, 1.165) is 43.0 Å². The summed E-state index contributed by atoms with van der Waals surface area (Å²) in [6, 6.07) is 12.5. The van der Waals surface area contributed by atoms with Gasteiger partial charge < -0.3 is 19.5 Å². The number of nitrogens with zero attached hydrogens (tertiary/aromatic N) is 1. The summed E-state index contributed by atoms with van der Waals surface area (Å²) in [7, 11) is 3.33. The largest absolute Gasteiger partial charge is 0.497 e. The van der Waals surface area contributed by atoms with Gasteiger partial charge in [0.25, 0.3) is 0 Å². The van der Waals surface area contributed by atoms with E-state index in [1.54, 1.807) is 14.2 Å². The smallest absolute Gasteiger partial charge is 0.224 e. The number of hydrogen-bond acceptors (Lipinski definition) is 5. The van der Waals surface area contributed by atoms with Crippen LogP contribution in [0.4, 0.5) is 0 Å². The van der Waals surface area contributed by atoms with E-state index in [2.05, 4.69) is 43.1 Å². The summed E-state index contributed by atoms with van der Waals surface area (Å²) in [6.45, 7) is 9.66. The van der Waals surface area contributed by atoms with Crippen LogP contribution in [0.25, 0.3) is 0 Å². The van der Waals surface area contributed by atoms with Gasteiger partial charge in [-0.3, -0.25) is 9.69 Å². The minimum absolute atomic E-state index is 0.0854. The second kappa shape index (κ2) is 12.1. The molecule has 0 bridgehead atoms. The number of methoxy groups -OCH3 is 2. The zero-order valence-corrected chi connectivity index (χ0v) is 20.6. The zero-order valence-electron chi connectivity index (χ0n) is 20.6. The molecule has 0 saturated carbocycles. The van der Waals surface area contributed by atoms with E-state index in [9.17, 15) is 4.79 Å². The lowest BCUT2D eigenvalue weighted by molar-refractivity contribution is -0.121. The number of piperidine rings is 1. The van der Waals surface area contributed by atoms with Gasteiger partial charge in [-0.2, -0.15) is 0 Å². The highest BCUT2D eigenvalue weighted by Crippen LogP contribution is 2.32. The highest BCUT2D eigenvalue weighted by molar-refractivity contribution is 5.78. The van der Waals surface area contributed by atoms with Gasteiger partial charge in [0.05, 0.1) is 20.1 Å². The van der Waals surface area contributed by atoms with Crippen LogP contribution in [0.2, 0.25) is 0 Å². The van der Waals surface area contributed by atoms with Gasteiger partial charge in [0, 0.05) is 32.3 Å². The Morgan fingerprint density at radius 3 is 2.36 bits per heavy atom. The number of carbonyl (C=O) groups excluding carboxylic acids is 1. The predicted octanol–water partition coefficient (Wildman–Crippen LogP) is 4.22. The molecule has 0 radical (unpaired) electrons. The van der Waals surface area contributed by atoms with Crippen molar-refractivity contribution in [2.75, 3.05) is 40.5 Å². The maximum absolute atomic E-state index is 12.5. The lowest BCUT2D eigenvalue weighted by Gasteiger charge is -2.37. The summed E-state index contributed by atoms with van der Waals surface area (Å²) in [5.74, 6) is 1.82. The third-order valence-corrected chi connectivity index (χ3v) is 6.74. The SMILES string of the molecule is COCCOc1ccc(C(C)N2CCC(NC(=O)Cc3ccc(OC)cc3)CC2)c(C)c1C. The van der Waals surface area contributed by atoms with Crippen molar-refractivity contribution in [1.82, 2.24) is 10.2 Å². The molecule has 1 unspecified atom stereocenters. The molecule has 0 aliphatic carbocycles. The lowest BCUT2D eigenvalue weighted by Crippen LogP contribution is -2.45. The summed E-state index contributed by atoms with van der Waals surface area (Å²) < 4.78 is 16.1. The number of carbonyl (C=O) groups is 1. The van der Waals surface area contributed by atoms with Crippen molar-refractivity contribution in [3.05, 3.63) is 58.7 Å². The van der Waals surface area contributed by atoms with E-state index in [1.807, 2.05) is 24.3 Å². The molecule has 33 heavy (non-hydrogen) atoms. The number of ether oxygens (including phenoxy) is 3. The molecular weight excluding hydrogens is 416 g/mol. The Labute approximate surface area is 198 Å². The maximum atomic E-state index is 12.5. The number of rotatable bonds is 10. The highest BCUT2D eigenvalue weighted by atomic mass is 16.5. The summed E-state index contributed by atoms with van der Waals surface area (Å²) in [5, 5.41) is 3.22. The van der Waals surface area contributed by atoms with E-state index in [1.165, 1.54) is 16.7 Å². The van der Waals surface area contributed by atoms with Crippen LogP contribution in [0.1, 0.15) is 48.1 Å². The minimum Gasteiger partial charge on any atom is -0.497 e. The van der Waals surface area contributed by atoms with Crippen molar-refractivity contribution in [1.29, 1.82) is 0 Å². The third kappa shape index (κ3) is 6.71. The predicted molar refractivity (Wildman–Crippen MR) is 131 cm³/mol. The maximum Gasteiger partial charge on any atom is 0.224 e. The minimum atomic E-state index is 0.0854. The van der Waals surface area contributed by atoms with Gasteiger partial charge in [0.2, 0.25) is 5.91 Å². The van der Waals surface area contributed by atoms with Crippen molar-refractivity contribution in [3.63, 3.8) is 0 Å². The topological polar surface area (TPSA) is 60.0 Å². The monoisotopic (exact) mass is 454 g/mol. The second-order valence-electron chi connectivity index (χ2n) is 8.82.